The van der Waals surface area contributed by atoms with Gasteiger partial charge in [0.25, 0.3) is 0 Å². The molecule has 0 aromatic carbocycles. The van der Waals surface area contributed by atoms with Gasteiger partial charge in [0.05, 0.1) is 5.04 Å². The normalized spacial score (nSPS) is 26.3. The van der Waals surface area contributed by atoms with Gasteiger partial charge in [-0.25, -0.2) is 0 Å². The number of aliphatic hydroxyl groups is 1. The van der Waals surface area contributed by atoms with Gasteiger partial charge in [-0.05, 0) is 12.5 Å². The van der Waals surface area contributed by atoms with Crippen LogP contribution in [0, 0.1) is 11.3 Å². The van der Waals surface area contributed by atoms with Crippen molar-refractivity contribution in [2.24, 2.45) is 5.92 Å². The Morgan fingerprint density at radius 2 is 2.17 bits per heavy atom. The van der Waals surface area contributed by atoms with Crippen LogP contribution < -0.4 is 5.32 Å². The summed E-state index contributed by atoms with van der Waals surface area (Å²) >= 11 is 2.52. The summed E-state index contributed by atoms with van der Waals surface area (Å²) in [6.07, 6.45) is 15.5. The molecule has 1 rings (SSSR count). The van der Waals surface area contributed by atoms with E-state index in [2.05, 4.69) is 36.5 Å². The van der Waals surface area contributed by atoms with Gasteiger partial charge in [-0.3, -0.25) is 5.41 Å². The van der Waals surface area contributed by atoms with Crippen molar-refractivity contribution >= 4 is 42.6 Å². The molecule has 1 saturated heterocycles. The molecular formula is C19H29N2OSTl. The predicted molar refractivity (Wildman–Crippen MR) is 108 cm³/mol. The minimum absolute atomic E-state index is 0.366. The second-order valence-electron chi connectivity index (χ2n) is 6.31. The fraction of sp³-hybridized carbons (Fsp3) is 0.526. The third-order valence-electron chi connectivity index (χ3n) is 3.94. The fourth-order valence-corrected chi connectivity index (χ4v) is 4.09. The predicted octanol–water partition coefficient (Wildman–Crippen LogP) is 4.00. The summed E-state index contributed by atoms with van der Waals surface area (Å²) in [6, 6.07) is 0. The van der Waals surface area contributed by atoms with E-state index in [9.17, 15) is 5.11 Å². The van der Waals surface area contributed by atoms with Crippen molar-refractivity contribution in [2.75, 3.05) is 6.54 Å². The number of rotatable bonds is 9. The molecule has 3 nitrogen and oxygen atoms in total. The first-order valence-corrected chi connectivity index (χ1v) is 12.5. The molecule has 0 spiro atoms. The second kappa shape index (κ2) is 11.4. The molecule has 1 aliphatic heterocycles. The first-order valence-electron chi connectivity index (χ1n) is 8.47. The van der Waals surface area contributed by atoms with Gasteiger partial charge < -0.3 is 0 Å². The molecule has 1 fully saturated rings. The summed E-state index contributed by atoms with van der Waals surface area (Å²) in [4.78, 5) is 0. The van der Waals surface area contributed by atoms with Crippen molar-refractivity contribution in [1.29, 1.82) is 5.41 Å². The van der Waals surface area contributed by atoms with Crippen LogP contribution in [0.2, 0.25) is 3.98 Å². The molecular weight excluding hydrogens is 509 g/mol. The van der Waals surface area contributed by atoms with Crippen LogP contribution in [0.4, 0.5) is 0 Å². The number of nitrogens with one attached hydrogen (secondary N) is 2. The minimum Gasteiger partial charge on any atom is -0.294 e. The quantitative estimate of drug-likeness (QED) is 0.180. The van der Waals surface area contributed by atoms with Crippen LogP contribution in [-0.4, -0.2) is 53.4 Å². The van der Waals surface area contributed by atoms with Gasteiger partial charge >= 0.3 is 126 Å². The smallest absolute Gasteiger partial charge is 0.294 e. The molecule has 130 valence electrons. The molecule has 24 heavy (non-hydrogen) atoms. The summed E-state index contributed by atoms with van der Waals surface area (Å²) in [7, 11) is 0. The molecule has 0 radical (unpaired) electrons. The first-order chi connectivity index (χ1) is 11.4. The Bertz CT molecular complexity index is 527. The van der Waals surface area contributed by atoms with E-state index in [1.54, 1.807) is 0 Å². The SMILES string of the molecule is C/C=C/C=C1/CC(C)(C(O)NCC/C=C/C=C\[C@@H](C)[CH2][Tl])SC1=N. The minimum atomic E-state index is -0.616. The van der Waals surface area contributed by atoms with Gasteiger partial charge in [-0.2, -0.15) is 0 Å². The zero-order valence-electron chi connectivity index (χ0n) is 15.0. The van der Waals surface area contributed by atoms with Crippen molar-refractivity contribution in [3.63, 3.8) is 0 Å². The van der Waals surface area contributed by atoms with Crippen LogP contribution in [0.25, 0.3) is 0 Å². The molecule has 0 bridgehead atoms. The van der Waals surface area contributed by atoms with Crippen LogP contribution in [0.3, 0.4) is 0 Å². The monoisotopic (exact) mass is 538 g/mol. The molecule has 0 aliphatic carbocycles. The average molecular weight is 538 g/mol. The van der Waals surface area contributed by atoms with Gasteiger partial charge in [-0.1, -0.05) is 18.2 Å². The van der Waals surface area contributed by atoms with Crippen molar-refractivity contribution in [2.45, 2.75) is 48.6 Å². The Labute approximate surface area is 167 Å². The summed E-state index contributed by atoms with van der Waals surface area (Å²) in [5.74, 6) is 0.694. The van der Waals surface area contributed by atoms with E-state index in [0.717, 1.165) is 44.3 Å². The third-order valence-corrected chi connectivity index (χ3v) is 8.13. The standard InChI is InChI=1S/C19H29N2OS.Tl/c1-5-6-12-16-14-19(4,23-17(16)20)18(22)21-13-10-8-7-9-11-15(2)3;/h5-9,11-12,15,18,20-22H,2,10,13-14H2,1,3-4H3;/b6-5+,8-7+,11-9-,16-12-,20-17?;/t15-,18?,19?;/m1./s1. The van der Waals surface area contributed by atoms with E-state index < -0.39 is 6.23 Å². The Kier molecular flexibility index (Phi) is 10.4. The van der Waals surface area contributed by atoms with Crippen LogP contribution in [0.15, 0.2) is 48.1 Å². The molecule has 0 amide bonds. The zero-order valence-corrected chi connectivity index (χ0v) is 20.3. The summed E-state index contributed by atoms with van der Waals surface area (Å²) in [5, 5.41) is 22.3. The van der Waals surface area contributed by atoms with Crippen molar-refractivity contribution in [1.82, 2.24) is 5.32 Å². The summed E-state index contributed by atoms with van der Waals surface area (Å²) in [5.41, 5.74) is 1.00. The van der Waals surface area contributed by atoms with Crippen LogP contribution in [0.5, 0.6) is 0 Å². The Morgan fingerprint density at radius 1 is 1.42 bits per heavy atom. The van der Waals surface area contributed by atoms with E-state index in [4.69, 9.17) is 5.41 Å². The molecule has 0 saturated carbocycles. The van der Waals surface area contributed by atoms with E-state index in [-0.39, 0.29) is 4.75 Å². The van der Waals surface area contributed by atoms with E-state index in [0.29, 0.717) is 17.4 Å². The summed E-state index contributed by atoms with van der Waals surface area (Å²) in [6.45, 7) is 6.97. The van der Waals surface area contributed by atoms with Gasteiger partial charge in [0.15, 0.2) is 0 Å². The number of allylic oxidation sites excluding steroid dienone is 6. The fourth-order valence-electron chi connectivity index (χ4n) is 2.32. The first kappa shape index (κ1) is 21.9. The number of hydrogen-bond acceptors (Lipinski definition) is 4. The van der Waals surface area contributed by atoms with Gasteiger partial charge in [0.1, 0.15) is 0 Å². The molecule has 3 atom stereocenters. The molecule has 2 unspecified atom stereocenters. The topological polar surface area (TPSA) is 56.1 Å². The van der Waals surface area contributed by atoms with Gasteiger partial charge in [0, 0.05) is 0 Å². The van der Waals surface area contributed by atoms with E-state index in [1.807, 2.05) is 32.1 Å². The maximum atomic E-state index is 10.5. The third kappa shape index (κ3) is 7.37. The van der Waals surface area contributed by atoms with Gasteiger partial charge in [-0.15, -0.1) is 0 Å². The average Bonchev–Trinajstić information content (AvgIpc) is 2.86. The molecule has 1 aliphatic rings. The maximum absolute atomic E-state index is 10.5. The molecule has 5 heteroatoms. The molecule has 1 heterocycles. The molecule has 0 aromatic heterocycles. The Hall–Kier alpha value is -0.178. The van der Waals surface area contributed by atoms with E-state index in [1.165, 1.54) is 15.7 Å². The van der Waals surface area contributed by atoms with Gasteiger partial charge in [0.2, 0.25) is 0 Å². The zero-order chi connectivity index (χ0) is 18.0. The molecule has 3 N–H and O–H groups in total. The van der Waals surface area contributed by atoms with Crippen molar-refractivity contribution in [3.8, 4) is 0 Å². The van der Waals surface area contributed by atoms with Crippen LogP contribution >= 0.6 is 11.8 Å². The van der Waals surface area contributed by atoms with Crippen molar-refractivity contribution < 1.29 is 5.11 Å². The second-order valence-corrected chi connectivity index (χ2v) is 9.69. The van der Waals surface area contributed by atoms with Crippen LogP contribution in [0.1, 0.15) is 33.6 Å². The van der Waals surface area contributed by atoms with Crippen molar-refractivity contribution in [3.05, 3.63) is 48.1 Å². The Morgan fingerprint density at radius 3 is 2.83 bits per heavy atom. The number of hydrogen-bond donors (Lipinski definition) is 3. The Balaban J connectivity index is 2.40. The summed E-state index contributed by atoms with van der Waals surface area (Å²) < 4.78 is 0.961. The number of thioether (sulfide) groups is 1. The number of aliphatic hydroxyl groups excluding tert-OH is 1. The van der Waals surface area contributed by atoms with Crippen LogP contribution in [-0.2, 0) is 0 Å². The van der Waals surface area contributed by atoms with E-state index >= 15 is 0 Å². The molecule has 0 aromatic rings.